The monoisotopic (exact) mass is 248 g/mol. The van der Waals surface area contributed by atoms with Gasteiger partial charge in [0.2, 0.25) is 0 Å². The summed E-state index contributed by atoms with van der Waals surface area (Å²) in [6, 6.07) is 0. The molecule has 0 aromatic heterocycles. The van der Waals surface area contributed by atoms with Crippen molar-refractivity contribution in [2.75, 3.05) is 6.61 Å². The summed E-state index contributed by atoms with van der Waals surface area (Å²) >= 11 is 0. The third-order valence-corrected chi connectivity index (χ3v) is 8.50. The molecule has 2 atom stereocenters. The van der Waals surface area contributed by atoms with E-state index >= 15 is 0 Å². The van der Waals surface area contributed by atoms with Gasteiger partial charge in [0, 0.05) is 6.42 Å². The summed E-state index contributed by atoms with van der Waals surface area (Å²) in [5.41, 5.74) is -1.30. The number of rotatable bonds is 3. The predicted octanol–water partition coefficient (Wildman–Crippen LogP) is 3.26. The van der Waals surface area contributed by atoms with Gasteiger partial charge in [0.15, 0.2) is 8.32 Å². The van der Waals surface area contributed by atoms with Crippen molar-refractivity contribution >= 4 is 8.32 Å². The Bertz CT molecular complexity index is 250. The largest absolute Gasteiger partial charge is 0.414 e. The average molecular weight is 248 g/mol. The summed E-state index contributed by atoms with van der Waals surface area (Å²) in [5, 5.41) is 9.48. The van der Waals surface area contributed by atoms with Gasteiger partial charge in [0.25, 0.3) is 0 Å². The predicted molar refractivity (Wildman–Crippen MR) is 66.8 cm³/mol. The first-order valence-corrected chi connectivity index (χ1v) is 8.98. The Morgan fingerprint density at radius 2 is 2.00 bits per heavy atom. The molecule has 0 aromatic carbocycles. The lowest BCUT2D eigenvalue weighted by Crippen LogP contribution is -2.44. The Balaban J connectivity index is 2.52. The molecule has 0 bridgehead atoms. The lowest BCUT2D eigenvalue weighted by atomic mass is 10.1. The highest BCUT2D eigenvalue weighted by molar-refractivity contribution is 6.74. The first kappa shape index (κ1) is 14.1. The summed E-state index contributed by atoms with van der Waals surface area (Å²) in [4.78, 5) is 0. The standard InChI is InChI=1S/C12H25FO2Si/c1-11(2,3)16(4,5)15-9-12(13)7-6-10(14)8-12/h10,14H,6-9H2,1-5H3/t10-,12+/m1/s1. The van der Waals surface area contributed by atoms with Crippen molar-refractivity contribution in [3.05, 3.63) is 0 Å². The molecule has 0 spiro atoms. The van der Waals surface area contributed by atoms with Crippen LogP contribution in [-0.2, 0) is 4.43 Å². The second-order valence-electron chi connectivity index (χ2n) is 6.60. The van der Waals surface area contributed by atoms with Gasteiger partial charge in [-0.1, -0.05) is 20.8 Å². The van der Waals surface area contributed by atoms with Crippen LogP contribution in [0.1, 0.15) is 40.0 Å². The lowest BCUT2D eigenvalue weighted by molar-refractivity contribution is 0.0656. The van der Waals surface area contributed by atoms with Gasteiger partial charge < -0.3 is 9.53 Å². The van der Waals surface area contributed by atoms with Crippen LogP contribution in [0.15, 0.2) is 0 Å². The zero-order chi connectivity index (χ0) is 12.6. The summed E-state index contributed by atoms with van der Waals surface area (Å²) < 4.78 is 20.1. The number of aliphatic hydroxyl groups is 1. The third-order valence-electron chi connectivity index (χ3n) is 4.02. The van der Waals surface area contributed by atoms with Gasteiger partial charge in [-0.15, -0.1) is 0 Å². The smallest absolute Gasteiger partial charge is 0.192 e. The van der Waals surface area contributed by atoms with Crippen molar-refractivity contribution in [1.82, 2.24) is 0 Å². The van der Waals surface area contributed by atoms with E-state index in [0.29, 0.717) is 12.8 Å². The zero-order valence-electron chi connectivity index (χ0n) is 11.1. The Labute approximate surface area is 99.3 Å². The minimum absolute atomic E-state index is 0.112. The van der Waals surface area contributed by atoms with Crippen LogP contribution in [0.5, 0.6) is 0 Å². The molecule has 1 aliphatic rings. The molecule has 0 radical (unpaired) electrons. The Morgan fingerprint density at radius 3 is 2.38 bits per heavy atom. The molecule has 4 heteroatoms. The molecule has 0 amide bonds. The van der Waals surface area contributed by atoms with Crippen LogP contribution in [0.2, 0.25) is 18.1 Å². The van der Waals surface area contributed by atoms with Gasteiger partial charge in [-0.25, -0.2) is 4.39 Å². The summed E-state index contributed by atoms with van der Waals surface area (Å²) in [6.07, 6.45) is 0.759. The zero-order valence-corrected chi connectivity index (χ0v) is 12.1. The number of halogens is 1. The first-order chi connectivity index (χ1) is 7.06. The number of hydrogen-bond donors (Lipinski definition) is 1. The molecule has 0 aliphatic heterocycles. The van der Waals surface area contributed by atoms with Crippen LogP contribution in [0.25, 0.3) is 0 Å². The molecule has 1 rings (SSSR count). The molecule has 0 saturated heterocycles. The van der Waals surface area contributed by atoms with Gasteiger partial charge in [-0.2, -0.15) is 0 Å². The summed E-state index contributed by atoms with van der Waals surface area (Å²) in [6.45, 7) is 10.8. The Hall–Kier alpha value is 0.0669. The maximum Gasteiger partial charge on any atom is 0.192 e. The van der Waals surface area contributed by atoms with Crippen LogP contribution in [0, 0.1) is 0 Å². The number of alkyl halides is 1. The fourth-order valence-corrected chi connectivity index (χ4v) is 2.76. The Morgan fingerprint density at radius 1 is 1.44 bits per heavy atom. The average Bonchev–Trinajstić information content (AvgIpc) is 2.42. The van der Waals surface area contributed by atoms with Crippen LogP contribution >= 0.6 is 0 Å². The van der Waals surface area contributed by atoms with Gasteiger partial charge in [0.1, 0.15) is 5.67 Å². The van der Waals surface area contributed by atoms with E-state index in [1.54, 1.807) is 0 Å². The highest BCUT2D eigenvalue weighted by Crippen LogP contribution is 2.40. The molecule has 1 saturated carbocycles. The molecule has 0 heterocycles. The van der Waals surface area contributed by atoms with E-state index in [0.717, 1.165) is 0 Å². The maximum atomic E-state index is 14.2. The van der Waals surface area contributed by atoms with Crippen molar-refractivity contribution in [3.63, 3.8) is 0 Å². The van der Waals surface area contributed by atoms with Crippen LogP contribution < -0.4 is 0 Å². The quantitative estimate of drug-likeness (QED) is 0.777. The maximum absolute atomic E-state index is 14.2. The van der Waals surface area contributed by atoms with E-state index in [9.17, 15) is 9.50 Å². The van der Waals surface area contributed by atoms with E-state index in [-0.39, 0.29) is 18.1 Å². The highest BCUT2D eigenvalue weighted by Gasteiger charge is 2.43. The van der Waals surface area contributed by atoms with Crippen molar-refractivity contribution in [3.8, 4) is 0 Å². The fraction of sp³-hybridized carbons (Fsp3) is 1.00. The van der Waals surface area contributed by atoms with Crippen molar-refractivity contribution < 1.29 is 13.9 Å². The molecule has 0 aromatic rings. The van der Waals surface area contributed by atoms with E-state index < -0.39 is 20.1 Å². The molecular formula is C12H25FO2Si. The lowest BCUT2D eigenvalue weighted by Gasteiger charge is -2.38. The van der Waals surface area contributed by atoms with Gasteiger partial charge in [0.05, 0.1) is 12.7 Å². The van der Waals surface area contributed by atoms with Crippen LogP contribution in [0.3, 0.4) is 0 Å². The molecule has 2 nitrogen and oxygen atoms in total. The van der Waals surface area contributed by atoms with E-state index in [2.05, 4.69) is 33.9 Å². The van der Waals surface area contributed by atoms with Crippen LogP contribution in [-0.4, -0.2) is 31.8 Å². The van der Waals surface area contributed by atoms with Crippen molar-refractivity contribution in [1.29, 1.82) is 0 Å². The third kappa shape index (κ3) is 3.28. The van der Waals surface area contributed by atoms with E-state index in [1.807, 2.05) is 0 Å². The summed E-state index contributed by atoms with van der Waals surface area (Å²) in [7, 11) is -1.86. The van der Waals surface area contributed by atoms with Crippen LogP contribution in [0.4, 0.5) is 4.39 Å². The molecular weight excluding hydrogens is 223 g/mol. The number of hydrogen-bond acceptors (Lipinski definition) is 2. The van der Waals surface area contributed by atoms with E-state index in [4.69, 9.17) is 4.43 Å². The second-order valence-corrected chi connectivity index (χ2v) is 11.4. The SMILES string of the molecule is CC(C)(C)[Si](C)(C)OC[C@]1(F)CC[C@@H](O)C1. The number of aliphatic hydroxyl groups excluding tert-OH is 1. The topological polar surface area (TPSA) is 29.5 Å². The summed E-state index contributed by atoms with van der Waals surface area (Å²) in [5.74, 6) is 0. The molecule has 0 unspecified atom stereocenters. The van der Waals surface area contributed by atoms with Crippen molar-refractivity contribution in [2.24, 2.45) is 0 Å². The Kier molecular flexibility index (Phi) is 3.87. The van der Waals surface area contributed by atoms with Gasteiger partial charge in [-0.05, 0) is 31.0 Å². The minimum Gasteiger partial charge on any atom is -0.414 e. The van der Waals surface area contributed by atoms with E-state index in [1.165, 1.54) is 0 Å². The highest BCUT2D eigenvalue weighted by atomic mass is 28.4. The van der Waals surface area contributed by atoms with Gasteiger partial charge in [-0.3, -0.25) is 0 Å². The fourth-order valence-electron chi connectivity index (χ4n) is 1.71. The molecule has 16 heavy (non-hydrogen) atoms. The minimum atomic E-state index is -1.86. The molecule has 1 N–H and O–H groups in total. The molecule has 96 valence electrons. The van der Waals surface area contributed by atoms with Gasteiger partial charge >= 0.3 is 0 Å². The van der Waals surface area contributed by atoms with Crippen molar-refractivity contribution in [2.45, 2.75) is 69.9 Å². The molecule has 1 fully saturated rings. The first-order valence-electron chi connectivity index (χ1n) is 6.07. The molecule has 1 aliphatic carbocycles. The second kappa shape index (κ2) is 4.39. The normalized spacial score (nSPS) is 32.1.